The molecular formula is C22H17NO5. The van der Waals surface area contributed by atoms with Crippen molar-refractivity contribution in [1.29, 1.82) is 5.26 Å². The molecular weight excluding hydrogens is 358 g/mol. The maximum Gasteiger partial charge on any atom is 0.349 e. The van der Waals surface area contributed by atoms with Gasteiger partial charge in [0, 0.05) is 17.0 Å². The highest BCUT2D eigenvalue weighted by Crippen LogP contribution is 2.20. The summed E-state index contributed by atoms with van der Waals surface area (Å²) in [6.45, 7) is 1.74. The molecule has 0 radical (unpaired) electrons. The van der Waals surface area contributed by atoms with E-state index in [1.165, 1.54) is 12.1 Å². The first-order valence-corrected chi connectivity index (χ1v) is 8.46. The van der Waals surface area contributed by atoms with E-state index in [0.29, 0.717) is 27.8 Å². The summed E-state index contributed by atoms with van der Waals surface area (Å²) in [6.07, 6.45) is 1.43. The van der Waals surface area contributed by atoms with Crippen LogP contribution >= 0.6 is 0 Å². The van der Waals surface area contributed by atoms with Crippen molar-refractivity contribution in [3.05, 3.63) is 81.2 Å². The van der Waals surface area contributed by atoms with Crippen LogP contribution in [-0.4, -0.2) is 13.1 Å². The van der Waals surface area contributed by atoms with E-state index in [2.05, 4.69) is 0 Å². The van der Waals surface area contributed by atoms with Crippen LogP contribution in [0, 0.1) is 18.3 Å². The summed E-state index contributed by atoms with van der Waals surface area (Å²) in [4.78, 5) is 24.1. The van der Waals surface area contributed by atoms with E-state index in [0.717, 1.165) is 5.56 Å². The Labute approximate surface area is 161 Å². The van der Waals surface area contributed by atoms with E-state index in [1.54, 1.807) is 43.5 Å². The van der Waals surface area contributed by atoms with Crippen molar-refractivity contribution in [3.8, 4) is 11.8 Å². The summed E-state index contributed by atoms with van der Waals surface area (Å²) in [5.41, 5.74) is 1.87. The van der Waals surface area contributed by atoms with Gasteiger partial charge in [0.1, 0.15) is 29.6 Å². The molecule has 1 aromatic heterocycles. The van der Waals surface area contributed by atoms with Crippen LogP contribution in [-0.2, 0) is 16.1 Å². The fraction of sp³-hybridized carbons (Fsp3) is 0.136. The Morgan fingerprint density at radius 3 is 2.61 bits per heavy atom. The maximum absolute atomic E-state index is 12.3. The molecule has 0 unspecified atom stereocenters. The summed E-state index contributed by atoms with van der Waals surface area (Å²) in [6, 6.07) is 15.4. The van der Waals surface area contributed by atoms with Crippen LogP contribution in [0.2, 0.25) is 0 Å². The largest absolute Gasteiger partial charge is 0.497 e. The van der Waals surface area contributed by atoms with Gasteiger partial charge in [0.05, 0.1) is 7.11 Å². The predicted molar refractivity (Wildman–Crippen MR) is 104 cm³/mol. The van der Waals surface area contributed by atoms with E-state index in [4.69, 9.17) is 13.9 Å². The average molecular weight is 375 g/mol. The second-order valence-electron chi connectivity index (χ2n) is 6.11. The van der Waals surface area contributed by atoms with E-state index in [-0.39, 0.29) is 12.2 Å². The van der Waals surface area contributed by atoms with Crippen molar-refractivity contribution in [3.63, 3.8) is 0 Å². The Morgan fingerprint density at radius 2 is 1.93 bits per heavy atom. The van der Waals surface area contributed by atoms with Crippen LogP contribution in [0.25, 0.3) is 17.0 Å². The molecule has 1 heterocycles. The lowest BCUT2D eigenvalue weighted by molar-refractivity contribution is -0.139. The molecule has 0 aliphatic heterocycles. The molecule has 0 saturated carbocycles. The van der Waals surface area contributed by atoms with Crippen molar-refractivity contribution < 1.29 is 18.7 Å². The van der Waals surface area contributed by atoms with Crippen LogP contribution < -0.4 is 10.4 Å². The van der Waals surface area contributed by atoms with Gasteiger partial charge in [-0.15, -0.1) is 0 Å². The average Bonchev–Trinajstić information content (AvgIpc) is 2.69. The molecule has 140 valence electrons. The topological polar surface area (TPSA) is 89.5 Å². The SMILES string of the molecule is COc1ccc(/C=C(/C#N)C(=O)OCc2cc(=O)oc3cc(C)ccc23)cc1. The van der Waals surface area contributed by atoms with Crippen LogP contribution in [0.4, 0.5) is 0 Å². The molecule has 0 spiro atoms. The first kappa shape index (κ1) is 18.9. The van der Waals surface area contributed by atoms with E-state index in [9.17, 15) is 14.9 Å². The van der Waals surface area contributed by atoms with E-state index >= 15 is 0 Å². The highest BCUT2D eigenvalue weighted by Gasteiger charge is 2.13. The number of carbonyl (C=O) groups excluding carboxylic acids is 1. The minimum atomic E-state index is -0.771. The van der Waals surface area contributed by atoms with Gasteiger partial charge in [0.2, 0.25) is 0 Å². The highest BCUT2D eigenvalue weighted by atomic mass is 16.5. The number of esters is 1. The standard InChI is InChI=1S/C22H17NO5/c1-14-3-8-19-17(11-21(24)28-20(19)9-14)13-27-22(25)16(12-23)10-15-4-6-18(26-2)7-5-15/h3-11H,13H2,1-2H3/b16-10-. The zero-order valence-corrected chi connectivity index (χ0v) is 15.4. The molecule has 0 aliphatic carbocycles. The lowest BCUT2D eigenvalue weighted by atomic mass is 10.1. The molecule has 2 aromatic carbocycles. The summed E-state index contributed by atoms with van der Waals surface area (Å²) >= 11 is 0. The monoisotopic (exact) mass is 375 g/mol. The van der Waals surface area contributed by atoms with E-state index in [1.807, 2.05) is 19.1 Å². The van der Waals surface area contributed by atoms with Crippen molar-refractivity contribution >= 4 is 23.0 Å². The first-order chi connectivity index (χ1) is 13.5. The molecule has 0 N–H and O–H groups in total. The summed E-state index contributed by atoms with van der Waals surface area (Å²) in [5.74, 6) is -0.102. The number of rotatable bonds is 5. The molecule has 28 heavy (non-hydrogen) atoms. The lowest BCUT2D eigenvalue weighted by Crippen LogP contribution is -2.09. The zero-order chi connectivity index (χ0) is 20.1. The zero-order valence-electron chi connectivity index (χ0n) is 15.4. The molecule has 6 nitrogen and oxygen atoms in total. The van der Waals surface area contributed by atoms with Crippen molar-refractivity contribution in [2.24, 2.45) is 0 Å². The second-order valence-corrected chi connectivity index (χ2v) is 6.11. The summed E-state index contributed by atoms with van der Waals surface area (Å²) in [7, 11) is 1.55. The number of carbonyl (C=O) groups is 1. The maximum atomic E-state index is 12.3. The van der Waals surface area contributed by atoms with Gasteiger partial charge in [0.25, 0.3) is 0 Å². The minimum Gasteiger partial charge on any atom is -0.497 e. The van der Waals surface area contributed by atoms with Crippen LogP contribution in [0.1, 0.15) is 16.7 Å². The molecule has 3 rings (SSSR count). The van der Waals surface area contributed by atoms with Crippen LogP contribution in [0.5, 0.6) is 5.75 Å². The van der Waals surface area contributed by atoms with Gasteiger partial charge in [-0.2, -0.15) is 5.26 Å². The highest BCUT2D eigenvalue weighted by molar-refractivity contribution is 5.98. The predicted octanol–water partition coefficient (Wildman–Crippen LogP) is 3.76. The Balaban J connectivity index is 1.80. The number of hydrogen-bond acceptors (Lipinski definition) is 6. The van der Waals surface area contributed by atoms with Gasteiger partial charge in [-0.3, -0.25) is 0 Å². The fourth-order valence-electron chi connectivity index (χ4n) is 2.68. The Bertz CT molecular complexity index is 1150. The molecule has 6 heteroatoms. The van der Waals surface area contributed by atoms with Gasteiger partial charge in [-0.05, 0) is 42.3 Å². The fourth-order valence-corrected chi connectivity index (χ4v) is 2.68. The lowest BCUT2D eigenvalue weighted by Gasteiger charge is -2.07. The molecule has 0 amide bonds. The van der Waals surface area contributed by atoms with Crippen molar-refractivity contribution in [2.45, 2.75) is 13.5 Å². The summed E-state index contributed by atoms with van der Waals surface area (Å²) < 4.78 is 15.5. The van der Waals surface area contributed by atoms with E-state index < -0.39 is 11.6 Å². The van der Waals surface area contributed by atoms with Crippen molar-refractivity contribution in [2.75, 3.05) is 7.11 Å². The number of aryl methyl sites for hydroxylation is 1. The Kier molecular flexibility index (Phi) is 5.56. The van der Waals surface area contributed by atoms with Gasteiger partial charge >= 0.3 is 11.6 Å². The number of nitrogens with zero attached hydrogens (tertiary/aromatic N) is 1. The van der Waals surface area contributed by atoms with Crippen LogP contribution in [0.15, 0.2) is 63.3 Å². The number of nitriles is 1. The van der Waals surface area contributed by atoms with Crippen molar-refractivity contribution in [1.82, 2.24) is 0 Å². The normalized spacial score (nSPS) is 11.1. The number of fused-ring (bicyclic) bond motifs is 1. The molecule has 0 atom stereocenters. The molecule has 0 aliphatic rings. The second kappa shape index (κ2) is 8.23. The third-order valence-corrected chi connectivity index (χ3v) is 4.11. The number of hydrogen-bond donors (Lipinski definition) is 0. The molecule has 0 saturated heterocycles. The first-order valence-electron chi connectivity index (χ1n) is 8.46. The summed E-state index contributed by atoms with van der Waals surface area (Å²) in [5, 5.41) is 9.97. The molecule has 0 bridgehead atoms. The Hall–Kier alpha value is -3.85. The number of ether oxygens (including phenoxy) is 2. The Morgan fingerprint density at radius 1 is 1.18 bits per heavy atom. The van der Waals surface area contributed by atoms with Gasteiger partial charge in [0.15, 0.2) is 0 Å². The molecule has 3 aromatic rings. The third kappa shape index (κ3) is 4.27. The quantitative estimate of drug-likeness (QED) is 0.292. The van der Waals surface area contributed by atoms with Crippen LogP contribution in [0.3, 0.4) is 0 Å². The minimum absolute atomic E-state index is 0.145. The van der Waals surface area contributed by atoms with Gasteiger partial charge in [-0.1, -0.05) is 24.3 Å². The third-order valence-electron chi connectivity index (χ3n) is 4.11. The van der Waals surface area contributed by atoms with Gasteiger partial charge in [-0.25, -0.2) is 9.59 Å². The number of benzene rings is 2. The smallest absolute Gasteiger partial charge is 0.349 e. The number of methoxy groups -OCH3 is 1. The molecule has 0 fully saturated rings. The van der Waals surface area contributed by atoms with Gasteiger partial charge < -0.3 is 13.9 Å².